The van der Waals surface area contributed by atoms with E-state index in [0.717, 1.165) is 41.6 Å². The second-order valence-corrected chi connectivity index (χ2v) is 6.23. The first-order valence-electron chi connectivity index (χ1n) is 8.52. The van der Waals surface area contributed by atoms with Crippen LogP contribution in [-0.4, -0.2) is 49.7 Å². The fourth-order valence-corrected chi connectivity index (χ4v) is 3.11. The van der Waals surface area contributed by atoms with Crippen LogP contribution in [0.2, 0.25) is 0 Å². The first-order chi connectivity index (χ1) is 12.3. The summed E-state index contributed by atoms with van der Waals surface area (Å²) in [5.41, 5.74) is 2.72. The number of aromatic nitrogens is 5. The normalized spacial score (nSPS) is 17.3. The van der Waals surface area contributed by atoms with Crippen molar-refractivity contribution in [2.45, 2.75) is 25.8 Å². The van der Waals surface area contributed by atoms with E-state index in [1.807, 2.05) is 37.3 Å². The zero-order chi connectivity index (χ0) is 17.2. The van der Waals surface area contributed by atoms with E-state index >= 15 is 0 Å². The molecule has 2 aromatic heterocycles. The third kappa shape index (κ3) is 3.08. The average molecular weight is 339 g/mol. The van der Waals surface area contributed by atoms with Crippen molar-refractivity contribution in [1.29, 1.82) is 0 Å². The Labute approximate surface area is 145 Å². The maximum absolute atomic E-state index is 9.38. The van der Waals surface area contributed by atoms with Crippen LogP contribution in [0.1, 0.15) is 23.9 Å². The molecule has 0 aliphatic carbocycles. The molecule has 7 heteroatoms. The third-order valence-corrected chi connectivity index (χ3v) is 4.44. The maximum Gasteiger partial charge on any atom is 0.179 e. The summed E-state index contributed by atoms with van der Waals surface area (Å²) in [7, 11) is 0. The summed E-state index contributed by atoms with van der Waals surface area (Å²) in [5, 5.41) is 14.0. The number of imidazole rings is 1. The van der Waals surface area contributed by atoms with Gasteiger partial charge < -0.3 is 14.8 Å². The number of hydrogen-bond donors (Lipinski definition) is 2. The maximum atomic E-state index is 9.38. The van der Waals surface area contributed by atoms with E-state index in [0.29, 0.717) is 19.0 Å². The molecule has 0 saturated carbocycles. The number of hydrogen-bond acceptors (Lipinski definition) is 5. The van der Waals surface area contributed by atoms with Crippen LogP contribution in [0, 0.1) is 6.92 Å². The van der Waals surface area contributed by atoms with Gasteiger partial charge in [-0.2, -0.15) is 5.10 Å². The Morgan fingerprint density at radius 3 is 2.84 bits per heavy atom. The fraction of sp³-hybridized carbons (Fsp3) is 0.389. The number of ether oxygens (including phenoxy) is 1. The van der Waals surface area contributed by atoms with E-state index in [2.05, 4.69) is 10.1 Å². The van der Waals surface area contributed by atoms with Gasteiger partial charge in [-0.1, -0.05) is 30.3 Å². The molecule has 0 spiro atoms. The summed E-state index contributed by atoms with van der Waals surface area (Å²) >= 11 is 0. The highest BCUT2D eigenvalue weighted by molar-refractivity contribution is 5.63. The number of H-pyrrole nitrogens is 1. The zero-order valence-corrected chi connectivity index (χ0v) is 14.1. The van der Waals surface area contributed by atoms with Crippen LogP contribution in [-0.2, 0) is 11.3 Å². The summed E-state index contributed by atoms with van der Waals surface area (Å²) in [6.07, 6.45) is 0.928. The molecule has 1 aliphatic heterocycles. The topological polar surface area (TPSA) is 88.9 Å². The lowest BCUT2D eigenvalue weighted by atomic mass is 10.1. The fourth-order valence-electron chi connectivity index (χ4n) is 3.11. The lowest BCUT2D eigenvalue weighted by molar-refractivity contribution is 0.193. The molecule has 0 bridgehead atoms. The van der Waals surface area contributed by atoms with E-state index in [1.54, 1.807) is 4.68 Å². The Hall–Kier alpha value is -2.51. The zero-order valence-electron chi connectivity index (χ0n) is 14.1. The third-order valence-electron chi connectivity index (χ3n) is 4.44. The quantitative estimate of drug-likeness (QED) is 0.743. The molecule has 3 heterocycles. The van der Waals surface area contributed by atoms with Gasteiger partial charge in [0.15, 0.2) is 11.6 Å². The Kier molecular flexibility index (Phi) is 4.33. The standard InChI is InChI=1S/C18H21N5O2/c1-12-15(20-16(19-12)13-5-3-2-4-6-13)18-21-17(14-7-10-25-11-14)22-23(18)8-9-24/h2-6,14,24H,7-11H2,1H3,(H,19,20)/t14-/m1/s1. The van der Waals surface area contributed by atoms with Crippen molar-refractivity contribution in [3.8, 4) is 22.9 Å². The number of aryl methyl sites for hydroxylation is 1. The summed E-state index contributed by atoms with van der Waals surface area (Å²) in [4.78, 5) is 12.8. The number of nitrogens with one attached hydrogen (secondary N) is 1. The lowest BCUT2D eigenvalue weighted by Crippen LogP contribution is -2.07. The number of rotatable bonds is 5. The van der Waals surface area contributed by atoms with E-state index < -0.39 is 0 Å². The van der Waals surface area contributed by atoms with E-state index in [4.69, 9.17) is 14.7 Å². The highest BCUT2D eigenvalue weighted by Crippen LogP contribution is 2.28. The summed E-state index contributed by atoms with van der Waals surface area (Å²) in [6.45, 7) is 3.77. The molecule has 1 aliphatic rings. The first kappa shape index (κ1) is 16.0. The van der Waals surface area contributed by atoms with E-state index in [-0.39, 0.29) is 12.5 Å². The highest BCUT2D eigenvalue weighted by atomic mass is 16.5. The molecule has 1 saturated heterocycles. The number of aliphatic hydroxyl groups excluding tert-OH is 1. The monoisotopic (exact) mass is 339 g/mol. The molecule has 3 aromatic rings. The Morgan fingerprint density at radius 1 is 1.28 bits per heavy atom. The minimum absolute atomic E-state index is 0.00593. The Balaban J connectivity index is 1.74. The van der Waals surface area contributed by atoms with Gasteiger partial charge in [-0.3, -0.25) is 0 Å². The molecule has 25 heavy (non-hydrogen) atoms. The second-order valence-electron chi connectivity index (χ2n) is 6.23. The van der Waals surface area contributed by atoms with Crippen LogP contribution in [0.3, 0.4) is 0 Å². The molecule has 0 amide bonds. The minimum atomic E-state index is 0.00593. The minimum Gasteiger partial charge on any atom is -0.394 e. The highest BCUT2D eigenvalue weighted by Gasteiger charge is 2.25. The van der Waals surface area contributed by atoms with Gasteiger partial charge in [-0.05, 0) is 13.3 Å². The van der Waals surface area contributed by atoms with Crippen LogP contribution < -0.4 is 0 Å². The van der Waals surface area contributed by atoms with E-state index in [9.17, 15) is 5.11 Å². The molecule has 2 N–H and O–H groups in total. The first-order valence-corrected chi connectivity index (χ1v) is 8.52. The van der Waals surface area contributed by atoms with Crippen LogP contribution in [0.25, 0.3) is 22.9 Å². The van der Waals surface area contributed by atoms with Crippen molar-refractivity contribution in [3.05, 3.63) is 41.9 Å². The molecule has 1 atom stereocenters. The summed E-state index contributed by atoms with van der Waals surface area (Å²) < 4.78 is 7.19. The lowest BCUT2D eigenvalue weighted by Gasteiger charge is -2.01. The number of aromatic amines is 1. The smallest absolute Gasteiger partial charge is 0.179 e. The van der Waals surface area contributed by atoms with Gasteiger partial charge in [-0.15, -0.1) is 0 Å². The molecular formula is C18H21N5O2. The second kappa shape index (κ2) is 6.78. The molecule has 4 rings (SSSR count). The van der Waals surface area contributed by atoms with Crippen molar-refractivity contribution in [1.82, 2.24) is 24.7 Å². The van der Waals surface area contributed by atoms with Crippen molar-refractivity contribution in [3.63, 3.8) is 0 Å². The molecule has 7 nitrogen and oxygen atoms in total. The van der Waals surface area contributed by atoms with Gasteiger partial charge >= 0.3 is 0 Å². The summed E-state index contributed by atoms with van der Waals surface area (Å²) in [5.74, 6) is 2.47. The molecular weight excluding hydrogens is 318 g/mol. The van der Waals surface area contributed by atoms with Crippen LogP contribution in [0.15, 0.2) is 30.3 Å². The number of benzene rings is 1. The molecule has 130 valence electrons. The Bertz CT molecular complexity index is 850. The van der Waals surface area contributed by atoms with Crippen LogP contribution in [0.4, 0.5) is 0 Å². The molecule has 1 aromatic carbocycles. The molecule has 0 unspecified atom stereocenters. The molecule has 0 radical (unpaired) electrons. The van der Waals surface area contributed by atoms with Gasteiger partial charge in [-0.25, -0.2) is 14.6 Å². The predicted octanol–water partition coefficient (Wildman–Crippen LogP) is 2.14. The van der Waals surface area contributed by atoms with Gasteiger partial charge in [0.25, 0.3) is 0 Å². The van der Waals surface area contributed by atoms with E-state index in [1.165, 1.54) is 0 Å². The number of nitrogens with zero attached hydrogens (tertiary/aromatic N) is 4. The SMILES string of the molecule is Cc1[nH]c(-c2ccccc2)nc1-c1nc([C@@H]2CCOC2)nn1CCO. The van der Waals surface area contributed by atoms with Crippen LogP contribution >= 0.6 is 0 Å². The van der Waals surface area contributed by atoms with Gasteiger partial charge in [0.05, 0.1) is 19.8 Å². The van der Waals surface area contributed by atoms with Crippen molar-refractivity contribution in [2.75, 3.05) is 19.8 Å². The van der Waals surface area contributed by atoms with Gasteiger partial charge in [0.2, 0.25) is 0 Å². The average Bonchev–Trinajstić information content (AvgIpc) is 3.35. The van der Waals surface area contributed by atoms with Gasteiger partial charge in [0.1, 0.15) is 11.5 Å². The van der Waals surface area contributed by atoms with Gasteiger partial charge in [0, 0.05) is 23.8 Å². The summed E-state index contributed by atoms with van der Waals surface area (Å²) in [6, 6.07) is 9.98. The van der Waals surface area contributed by atoms with Crippen LogP contribution in [0.5, 0.6) is 0 Å². The van der Waals surface area contributed by atoms with Crippen molar-refractivity contribution >= 4 is 0 Å². The predicted molar refractivity (Wildman–Crippen MR) is 93.0 cm³/mol. The molecule has 1 fully saturated rings. The largest absolute Gasteiger partial charge is 0.394 e. The van der Waals surface area contributed by atoms with Crippen molar-refractivity contribution < 1.29 is 9.84 Å². The number of aliphatic hydroxyl groups is 1. The van der Waals surface area contributed by atoms with Crippen molar-refractivity contribution in [2.24, 2.45) is 0 Å². The Morgan fingerprint density at radius 2 is 2.12 bits per heavy atom.